The van der Waals surface area contributed by atoms with Crippen molar-refractivity contribution < 1.29 is 4.68 Å². The SMILES string of the molecule is NC1=[N+](/N=C/c2ccncc2)C[C@@H](c2ccccc2)S1. The number of nitrogens with two attached hydrogens (primary N) is 1. The highest BCUT2D eigenvalue weighted by Crippen LogP contribution is 2.33. The van der Waals surface area contributed by atoms with Crippen LogP contribution in [0, 0.1) is 0 Å². The number of aromatic nitrogens is 1. The minimum Gasteiger partial charge on any atom is -0.279 e. The van der Waals surface area contributed by atoms with Gasteiger partial charge < -0.3 is 0 Å². The summed E-state index contributed by atoms with van der Waals surface area (Å²) in [5.74, 6) is 0. The molecule has 4 nitrogen and oxygen atoms in total. The number of thioether (sulfide) groups is 1. The monoisotopic (exact) mass is 283 g/mol. The van der Waals surface area contributed by atoms with Crippen molar-refractivity contribution in [2.45, 2.75) is 5.25 Å². The standard InChI is InChI=1S/C15H14N4S/c16-15-19(18-10-12-6-8-17-9-7-12)11-14(20-15)13-4-2-1-3-5-13/h1-10,14,16H,11H2/p+1/b18-10+/t14-/m0/s1. The van der Waals surface area contributed by atoms with Crippen LogP contribution in [0.3, 0.4) is 0 Å². The third-order valence-electron chi connectivity index (χ3n) is 3.08. The molecule has 2 heterocycles. The van der Waals surface area contributed by atoms with Gasteiger partial charge in [0.2, 0.25) is 0 Å². The Morgan fingerprint density at radius 3 is 2.70 bits per heavy atom. The zero-order chi connectivity index (χ0) is 13.8. The predicted octanol–water partition coefficient (Wildman–Crippen LogP) is 2.23. The van der Waals surface area contributed by atoms with E-state index in [-0.39, 0.29) is 0 Å². The molecular weight excluding hydrogens is 268 g/mol. The Morgan fingerprint density at radius 2 is 1.95 bits per heavy atom. The molecule has 1 atom stereocenters. The molecule has 0 bridgehead atoms. The summed E-state index contributed by atoms with van der Waals surface area (Å²) in [7, 11) is 0. The molecule has 2 N–H and O–H groups in total. The van der Waals surface area contributed by atoms with Gasteiger partial charge in [0.25, 0.3) is 0 Å². The predicted molar refractivity (Wildman–Crippen MR) is 82.9 cm³/mol. The molecule has 3 rings (SSSR count). The average molecular weight is 283 g/mol. The highest BCUT2D eigenvalue weighted by Gasteiger charge is 2.29. The average Bonchev–Trinajstić information content (AvgIpc) is 2.88. The second-order valence-electron chi connectivity index (χ2n) is 4.46. The van der Waals surface area contributed by atoms with E-state index in [0.29, 0.717) is 5.25 Å². The second kappa shape index (κ2) is 5.88. The maximum absolute atomic E-state index is 6.05. The summed E-state index contributed by atoms with van der Waals surface area (Å²) in [6.07, 6.45) is 5.31. The van der Waals surface area contributed by atoms with E-state index in [0.717, 1.165) is 17.3 Å². The first-order valence-electron chi connectivity index (χ1n) is 6.38. The van der Waals surface area contributed by atoms with Crippen molar-refractivity contribution in [1.82, 2.24) is 4.98 Å². The molecule has 1 aromatic heterocycles. The van der Waals surface area contributed by atoms with Gasteiger partial charge in [-0.25, -0.2) is 0 Å². The number of hydrazone groups is 1. The van der Waals surface area contributed by atoms with Crippen LogP contribution < -0.4 is 5.73 Å². The van der Waals surface area contributed by atoms with E-state index in [2.05, 4.69) is 34.4 Å². The lowest BCUT2D eigenvalue weighted by Gasteiger charge is -2.04. The Morgan fingerprint density at radius 1 is 1.20 bits per heavy atom. The minimum atomic E-state index is 0.339. The van der Waals surface area contributed by atoms with Gasteiger partial charge in [0.15, 0.2) is 0 Å². The topological polar surface area (TPSA) is 54.3 Å². The molecule has 1 aromatic carbocycles. The third-order valence-corrected chi connectivity index (χ3v) is 4.24. The Balaban J connectivity index is 1.72. The molecule has 0 saturated carbocycles. The van der Waals surface area contributed by atoms with Gasteiger partial charge in [0.1, 0.15) is 6.54 Å². The lowest BCUT2D eigenvalue weighted by Crippen LogP contribution is -2.16. The molecule has 0 radical (unpaired) electrons. The highest BCUT2D eigenvalue weighted by atomic mass is 32.2. The van der Waals surface area contributed by atoms with E-state index in [1.165, 1.54) is 5.56 Å². The van der Waals surface area contributed by atoms with Crippen LogP contribution in [0.2, 0.25) is 0 Å². The normalized spacial score (nSPS) is 18.9. The van der Waals surface area contributed by atoms with Crippen LogP contribution in [0.4, 0.5) is 0 Å². The fourth-order valence-corrected chi connectivity index (χ4v) is 3.07. The first-order chi connectivity index (χ1) is 9.83. The van der Waals surface area contributed by atoms with Crippen LogP contribution in [-0.4, -0.2) is 27.6 Å². The first kappa shape index (κ1) is 12.9. The summed E-state index contributed by atoms with van der Waals surface area (Å²) in [5, 5.41) is 5.53. The summed E-state index contributed by atoms with van der Waals surface area (Å²) >= 11 is 1.66. The number of hydrogen-bond acceptors (Lipinski definition) is 4. The molecule has 100 valence electrons. The fraction of sp³-hybridized carbons (Fsp3) is 0.133. The molecule has 5 heteroatoms. The maximum Gasteiger partial charge on any atom is 0.330 e. The van der Waals surface area contributed by atoms with E-state index < -0.39 is 0 Å². The van der Waals surface area contributed by atoms with Crippen LogP contribution in [0.15, 0.2) is 60.0 Å². The van der Waals surface area contributed by atoms with E-state index in [1.807, 2.05) is 29.1 Å². The Labute approximate surface area is 122 Å². The molecular formula is C15H15N4S+. The van der Waals surface area contributed by atoms with Gasteiger partial charge in [0, 0.05) is 12.4 Å². The highest BCUT2D eigenvalue weighted by molar-refractivity contribution is 8.13. The smallest absolute Gasteiger partial charge is 0.279 e. The quantitative estimate of drug-likeness (QED) is 0.694. The summed E-state index contributed by atoms with van der Waals surface area (Å²) in [6, 6.07) is 14.2. The van der Waals surface area contributed by atoms with Crippen LogP contribution in [0.5, 0.6) is 0 Å². The molecule has 0 spiro atoms. The van der Waals surface area contributed by atoms with Gasteiger partial charge in [-0.2, -0.15) is 0 Å². The van der Waals surface area contributed by atoms with E-state index >= 15 is 0 Å². The van der Waals surface area contributed by atoms with E-state index in [1.54, 1.807) is 24.2 Å². The van der Waals surface area contributed by atoms with Crippen LogP contribution in [0.25, 0.3) is 0 Å². The number of hydrogen-bond donors (Lipinski definition) is 1. The van der Waals surface area contributed by atoms with Crippen molar-refractivity contribution in [3.8, 4) is 0 Å². The number of benzene rings is 1. The summed E-state index contributed by atoms with van der Waals surface area (Å²) < 4.78 is 1.85. The fourth-order valence-electron chi connectivity index (χ4n) is 2.02. The van der Waals surface area contributed by atoms with Crippen molar-refractivity contribution in [1.29, 1.82) is 0 Å². The molecule has 0 saturated heterocycles. The second-order valence-corrected chi connectivity index (χ2v) is 5.69. The van der Waals surface area contributed by atoms with Gasteiger partial charge in [0.05, 0.1) is 11.5 Å². The summed E-state index contributed by atoms with van der Waals surface area (Å²) in [5.41, 5.74) is 8.34. The molecule has 0 unspecified atom stereocenters. The van der Waals surface area contributed by atoms with Gasteiger partial charge in [-0.3, -0.25) is 10.7 Å². The van der Waals surface area contributed by atoms with E-state index in [4.69, 9.17) is 5.73 Å². The Kier molecular flexibility index (Phi) is 3.78. The summed E-state index contributed by atoms with van der Waals surface area (Å²) in [4.78, 5) is 3.98. The zero-order valence-electron chi connectivity index (χ0n) is 10.9. The molecule has 1 aliphatic heterocycles. The molecule has 0 amide bonds. The van der Waals surface area contributed by atoms with Gasteiger partial charge in [-0.15, -0.1) is 4.68 Å². The molecule has 1 aliphatic rings. The Bertz CT molecular complexity index is 637. The van der Waals surface area contributed by atoms with E-state index in [9.17, 15) is 0 Å². The lowest BCUT2D eigenvalue weighted by molar-refractivity contribution is -0.527. The van der Waals surface area contributed by atoms with Crippen molar-refractivity contribution in [2.75, 3.05) is 6.54 Å². The first-order valence-corrected chi connectivity index (χ1v) is 7.26. The van der Waals surface area contributed by atoms with Gasteiger partial charge in [-0.1, -0.05) is 35.4 Å². The minimum absolute atomic E-state index is 0.339. The molecule has 2 aromatic rings. The number of amidine groups is 1. The van der Waals surface area contributed by atoms with Crippen LogP contribution in [0.1, 0.15) is 16.4 Å². The largest absolute Gasteiger partial charge is 0.330 e. The molecule has 20 heavy (non-hydrogen) atoms. The molecule has 0 fully saturated rings. The van der Waals surface area contributed by atoms with Gasteiger partial charge >= 0.3 is 5.17 Å². The summed E-state index contributed by atoms with van der Waals surface area (Å²) in [6.45, 7) is 0.794. The van der Waals surface area contributed by atoms with Crippen LogP contribution >= 0.6 is 11.8 Å². The number of nitrogens with zero attached hydrogens (tertiary/aromatic N) is 3. The van der Waals surface area contributed by atoms with Gasteiger partial charge in [-0.05, 0) is 35.0 Å². The third kappa shape index (κ3) is 2.88. The maximum atomic E-state index is 6.05. The zero-order valence-corrected chi connectivity index (χ0v) is 11.7. The van der Waals surface area contributed by atoms with Crippen molar-refractivity contribution in [3.63, 3.8) is 0 Å². The Hall–Kier alpha value is -2.14. The molecule has 0 aliphatic carbocycles. The lowest BCUT2D eigenvalue weighted by atomic mass is 10.1. The number of rotatable bonds is 3. The van der Waals surface area contributed by atoms with Crippen LogP contribution in [-0.2, 0) is 0 Å². The van der Waals surface area contributed by atoms with Crippen molar-refractivity contribution in [3.05, 3.63) is 66.0 Å². The van der Waals surface area contributed by atoms with Crippen molar-refractivity contribution in [2.24, 2.45) is 10.8 Å². The number of pyridine rings is 1. The van der Waals surface area contributed by atoms with Crippen molar-refractivity contribution >= 4 is 23.1 Å².